The van der Waals surface area contributed by atoms with E-state index in [0.29, 0.717) is 6.61 Å². The van der Waals surface area contributed by atoms with Crippen LogP contribution in [0.1, 0.15) is 23.6 Å². The smallest absolute Gasteiger partial charge is 0.311 e. The average Bonchev–Trinajstić information content (AvgIpc) is 2.30. The molecule has 0 aromatic heterocycles. The molecule has 0 aliphatic rings. The average molecular weight is 236 g/mol. The number of hydrogen-bond acceptors (Lipinski definition) is 3. The lowest BCUT2D eigenvalue weighted by atomic mass is 10.1. The van der Waals surface area contributed by atoms with Crippen molar-refractivity contribution < 1.29 is 14.3 Å². The van der Waals surface area contributed by atoms with Gasteiger partial charge < -0.3 is 9.47 Å². The summed E-state index contributed by atoms with van der Waals surface area (Å²) in [7, 11) is 1.39. The molecule has 0 saturated heterocycles. The van der Waals surface area contributed by atoms with Crippen LogP contribution < -0.4 is 4.74 Å². The van der Waals surface area contributed by atoms with Crippen LogP contribution in [-0.4, -0.2) is 19.7 Å². The summed E-state index contributed by atoms with van der Waals surface area (Å²) in [5.74, 6) is 0.352. The van der Waals surface area contributed by atoms with Crippen LogP contribution in [0.5, 0.6) is 5.75 Å². The maximum atomic E-state index is 11.2. The third-order valence-corrected chi connectivity index (χ3v) is 2.86. The zero-order chi connectivity index (χ0) is 13.0. The van der Waals surface area contributed by atoms with E-state index in [-0.39, 0.29) is 11.9 Å². The summed E-state index contributed by atoms with van der Waals surface area (Å²) < 4.78 is 10.3. The molecule has 0 radical (unpaired) electrons. The van der Waals surface area contributed by atoms with Crippen LogP contribution in [-0.2, 0) is 9.53 Å². The first-order chi connectivity index (χ1) is 7.95. The van der Waals surface area contributed by atoms with Crippen LogP contribution in [0, 0.1) is 26.7 Å². The zero-order valence-electron chi connectivity index (χ0n) is 11.2. The molecule has 1 unspecified atom stereocenters. The van der Waals surface area contributed by atoms with Crippen LogP contribution in [0.3, 0.4) is 0 Å². The molecule has 1 rings (SSSR count). The van der Waals surface area contributed by atoms with Gasteiger partial charge in [0.15, 0.2) is 0 Å². The van der Waals surface area contributed by atoms with Crippen LogP contribution in [0.15, 0.2) is 12.1 Å². The van der Waals surface area contributed by atoms with E-state index in [1.807, 2.05) is 19.9 Å². The number of hydrogen-bond donors (Lipinski definition) is 0. The molecule has 0 N–H and O–H groups in total. The van der Waals surface area contributed by atoms with Gasteiger partial charge in [-0.1, -0.05) is 6.07 Å². The highest BCUT2D eigenvalue weighted by Gasteiger charge is 2.14. The van der Waals surface area contributed by atoms with Crippen LogP contribution >= 0.6 is 0 Å². The van der Waals surface area contributed by atoms with Gasteiger partial charge in [-0.3, -0.25) is 4.79 Å². The van der Waals surface area contributed by atoms with Gasteiger partial charge in [0.25, 0.3) is 0 Å². The van der Waals surface area contributed by atoms with E-state index in [0.717, 1.165) is 16.9 Å². The fourth-order valence-electron chi connectivity index (χ4n) is 1.63. The summed E-state index contributed by atoms with van der Waals surface area (Å²) in [6, 6.07) is 4.11. The van der Waals surface area contributed by atoms with Crippen LogP contribution in [0.2, 0.25) is 0 Å². The number of benzene rings is 1. The molecular weight excluding hydrogens is 216 g/mol. The molecule has 3 heteroatoms. The van der Waals surface area contributed by atoms with E-state index in [1.165, 1.54) is 12.7 Å². The van der Waals surface area contributed by atoms with E-state index < -0.39 is 0 Å². The normalized spacial score (nSPS) is 12.1. The van der Waals surface area contributed by atoms with Crippen molar-refractivity contribution in [1.29, 1.82) is 0 Å². The highest BCUT2D eigenvalue weighted by molar-refractivity contribution is 5.71. The largest absolute Gasteiger partial charge is 0.492 e. The van der Waals surface area contributed by atoms with Gasteiger partial charge in [-0.2, -0.15) is 0 Å². The second kappa shape index (κ2) is 5.71. The minimum Gasteiger partial charge on any atom is -0.492 e. The third-order valence-electron chi connectivity index (χ3n) is 2.86. The number of carbonyl (C=O) groups is 1. The highest BCUT2D eigenvalue weighted by atomic mass is 16.5. The zero-order valence-corrected chi connectivity index (χ0v) is 11.2. The number of ether oxygens (including phenoxy) is 2. The molecule has 1 aromatic carbocycles. The first-order valence-electron chi connectivity index (χ1n) is 5.74. The maximum absolute atomic E-state index is 11.2. The van der Waals surface area contributed by atoms with Crippen molar-refractivity contribution in [3.63, 3.8) is 0 Å². The molecular formula is C14H20O3. The van der Waals surface area contributed by atoms with Crippen molar-refractivity contribution >= 4 is 5.97 Å². The van der Waals surface area contributed by atoms with Gasteiger partial charge in [0.05, 0.1) is 13.0 Å². The molecule has 3 nitrogen and oxygen atoms in total. The van der Waals surface area contributed by atoms with E-state index >= 15 is 0 Å². The Hall–Kier alpha value is -1.51. The molecule has 0 bridgehead atoms. The molecule has 0 fully saturated rings. The van der Waals surface area contributed by atoms with E-state index in [4.69, 9.17) is 4.74 Å². The van der Waals surface area contributed by atoms with Crippen LogP contribution in [0.25, 0.3) is 0 Å². The van der Waals surface area contributed by atoms with Crippen molar-refractivity contribution in [1.82, 2.24) is 0 Å². The van der Waals surface area contributed by atoms with Gasteiger partial charge in [0.1, 0.15) is 12.4 Å². The summed E-state index contributed by atoms with van der Waals surface area (Å²) in [6.45, 7) is 8.25. The fourth-order valence-corrected chi connectivity index (χ4v) is 1.63. The Labute approximate surface area is 103 Å². The third kappa shape index (κ3) is 3.48. The Balaban J connectivity index is 2.73. The summed E-state index contributed by atoms with van der Waals surface area (Å²) in [4.78, 5) is 11.2. The molecule has 0 saturated carbocycles. The van der Waals surface area contributed by atoms with Gasteiger partial charge in [-0.25, -0.2) is 0 Å². The first kappa shape index (κ1) is 13.6. The molecule has 0 heterocycles. The van der Waals surface area contributed by atoms with Gasteiger partial charge >= 0.3 is 5.97 Å². The predicted molar refractivity (Wildman–Crippen MR) is 67.3 cm³/mol. The van der Waals surface area contributed by atoms with Gasteiger partial charge in [-0.15, -0.1) is 0 Å². The number of rotatable bonds is 4. The topological polar surface area (TPSA) is 35.5 Å². The van der Waals surface area contributed by atoms with Crippen molar-refractivity contribution in [2.75, 3.05) is 13.7 Å². The monoisotopic (exact) mass is 236 g/mol. The van der Waals surface area contributed by atoms with Crippen molar-refractivity contribution in [3.8, 4) is 5.75 Å². The van der Waals surface area contributed by atoms with Crippen molar-refractivity contribution in [2.45, 2.75) is 27.7 Å². The number of methoxy groups -OCH3 is 1. The van der Waals surface area contributed by atoms with E-state index in [1.54, 1.807) is 6.92 Å². The lowest BCUT2D eigenvalue weighted by Gasteiger charge is -2.15. The molecule has 1 atom stereocenters. The Bertz CT molecular complexity index is 410. The molecule has 17 heavy (non-hydrogen) atoms. The van der Waals surface area contributed by atoms with Gasteiger partial charge in [-0.05, 0) is 50.5 Å². The maximum Gasteiger partial charge on any atom is 0.311 e. The SMILES string of the molecule is COC(=O)C(C)COc1cc(C)cc(C)c1C. The second-order valence-corrected chi connectivity index (χ2v) is 4.44. The van der Waals surface area contributed by atoms with Crippen molar-refractivity contribution in [2.24, 2.45) is 5.92 Å². The summed E-state index contributed by atoms with van der Waals surface area (Å²) in [5, 5.41) is 0. The van der Waals surface area contributed by atoms with Gasteiger partial charge in [0.2, 0.25) is 0 Å². The highest BCUT2D eigenvalue weighted by Crippen LogP contribution is 2.23. The fraction of sp³-hybridized carbons (Fsp3) is 0.500. The number of aryl methyl sites for hydroxylation is 2. The first-order valence-corrected chi connectivity index (χ1v) is 5.74. The Morgan fingerprint density at radius 1 is 1.29 bits per heavy atom. The summed E-state index contributed by atoms with van der Waals surface area (Å²) in [6.07, 6.45) is 0. The quantitative estimate of drug-likeness (QED) is 0.754. The number of esters is 1. The lowest BCUT2D eigenvalue weighted by molar-refractivity contribution is -0.145. The summed E-state index contributed by atoms with van der Waals surface area (Å²) >= 11 is 0. The Morgan fingerprint density at radius 3 is 2.53 bits per heavy atom. The molecule has 0 aliphatic heterocycles. The van der Waals surface area contributed by atoms with Gasteiger partial charge in [0, 0.05) is 0 Å². The molecule has 0 aliphatic carbocycles. The Morgan fingerprint density at radius 2 is 1.94 bits per heavy atom. The summed E-state index contributed by atoms with van der Waals surface area (Å²) in [5.41, 5.74) is 3.48. The minimum atomic E-state index is -0.250. The molecule has 1 aromatic rings. The second-order valence-electron chi connectivity index (χ2n) is 4.44. The Kier molecular flexibility index (Phi) is 4.55. The minimum absolute atomic E-state index is 0.243. The standard InChI is InChI=1S/C14H20O3/c1-9-6-10(2)12(4)13(7-9)17-8-11(3)14(15)16-5/h6-7,11H,8H2,1-5H3. The van der Waals surface area contributed by atoms with E-state index in [2.05, 4.69) is 17.7 Å². The predicted octanol–water partition coefficient (Wildman–Crippen LogP) is 2.80. The van der Waals surface area contributed by atoms with E-state index in [9.17, 15) is 4.79 Å². The molecule has 94 valence electrons. The molecule has 0 amide bonds. The van der Waals surface area contributed by atoms with Crippen LogP contribution in [0.4, 0.5) is 0 Å². The number of carbonyl (C=O) groups excluding carboxylic acids is 1. The lowest BCUT2D eigenvalue weighted by Crippen LogP contribution is -2.20. The van der Waals surface area contributed by atoms with Crippen molar-refractivity contribution in [3.05, 3.63) is 28.8 Å². The molecule has 0 spiro atoms.